The van der Waals surface area contributed by atoms with Gasteiger partial charge < -0.3 is 5.73 Å². The molecule has 0 spiro atoms. The third kappa shape index (κ3) is 2.85. The van der Waals surface area contributed by atoms with E-state index in [4.69, 9.17) is 11.1 Å². The molecule has 0 radical (unpaired) electrons. The van der Waals surface area contributed by atoms with E-state index in [0.29, 0.717) is 11.4 Å². The van der Waals surface area contributed by atoms with Gasteiger partial charge in [-0.25, -0.2) is 19.3 Å². The number of thioether (sulfide) groups is 1. The molecule has 1 aromatic heterocycles. The maximum absolute atomic E-state index is 13.1. The molecule has 1 aromatic carbocycles. The lowest BCUT2D eigenvalue weighted by molar-refractivity contribution is -0.113. The summed E-state index contributed by atoms with van der Waals surface area (Å²) in [5.41, 5.74) is 12.7. The van der Waals surface area contributed by atoms with E-state index in [1.807, 2.05) is 0 Å². The molecule has 2 aliphatic heterocycles. The van der Waals surface area contributed by atoms with E-state index < -0.39 is 5.91 Å². The van der Waals surface area contributed by atoms with Crippen molar-refractivity contribution in [3.05, 3.63) is 46.6 Å². The second-order valence-corrected chi connectivity index (χ2v) is 6.80. The van der Waals surface area contributed by atoms with E-state index in [0.717, 1.165) is 22.2 Å². The molecule has 0 aliphatic carbocycles. The number of amides is 1. The van der Waals surface area contributed by atoms with Crippen LogP contribution in [0.4, 0.5) is 16.0 Å². The first kappa shape index (κ1) is 16.7. The van der Waals surface area contributed by atoms with Gasteiger partial charge in [-0.05, 0) is 39.8 Å². The summed E-state index contributed by atoms with van der Waals surface area (Å²) in [5, 5.41) is 15.0. The molecule has 5 N–H and O–H groups in total. The van der Waals surface area contributed by atoms with Crippen molar-refractivity contribution in [2.45, 2.75) is 6.04 Å². The minimum absolute atomic E-state index is 0.00802. The summed E-state index contributed by atoms with van der Waals surface area (Å²) >= 11 is 1.02. The van der Waals surface area contributed by atoms with Crippen LogP contribution in [0.3, 0.4) is 0 Å². The topological polar surface area (TPSA) is 133 Å². The number of nitrogens with two attached hydrogens (primary N) is 1. The van der Waals surface area contributed by atoms with Crippen LogP contribution < -0.4 is 21.5 Å². The number of hydrogen-bond donors (Lipinski definition) is 4. The number of benzene rings is 1. The number of nitrogens with zero attached hydrogens (tertiary/aromatic N) is 3. The molecule has 2 unspecified atom stereocenters. The molecule has 2 aromatic rings. The minimum Gasteiger partial charge on any atom is -0.378 e. The lowest BCUT2D eigenvalue weighted by atomic mass is 9.94. The maximum Gasteiger partial charge on any atom is 0.272 e. The van der Waals surface area contributed by atoms with Crippen LogP contribution in [0, 0.1) is 17.1 Å². The van der Waals surface area contributed by atoms with Crippen molar-refractivity contribution in [1.82, 2.24) is 21.2 Å². The molecule has 9 nitrogen and oxygen atoms in total. The fourth-order valence-electron chi connectivity index (χ4n) is 2.90. The van der Waals surface area contributed by atoms with E-state index in [9.17, 15) is 9.18 Å². The Morgan fingerprint density at radius 1 is 1.38 bits per heavy atom. The van der Waals surface area contributed by atoms with Gasteiger partial charge in [0.2, 0.25) is 11.6 Å². The molecule has 1 amide bonds. The molecular weight excluding hydrogens is 361 g/mol. The number of amidine groups is 1. The average molecular weight is 375 g/mol. The van der Waals surface area contributed by atoms with Gasteiger partial charge in [0.15, 0.2) is 5.17 Å². The SMILES string of the molecule is N=C1S/C(=C\C2CNNC2c2ccc(F)cc2)C(=O)N1c1nonc1N. The molecule has 2 fully saturated rings. The Morgan fingerprint density at radius 2 is 2.15 bits per heavy atom. The van der Waals surface area contributed by atoms with Crippen molar-refractivity contribution < 1.29 is 13.8 Å². The highest BCUT2D eigenvalue weighted by atomic mass is 32.2. The Labute approximate surface area is 151 Å². The highest BCUT2D eigenvalue weighted by molar-refractivity contribution is 8.19. The Balaban J connectivity index is 1.60. The molecule has 0 saturated carbocycles. The van der Waals surface area contributed by atoms with Crippen molar-refractivity contribution in [1.29, 1.82) is 5.41 Å². The summed E-state index contributed by atoms with van der Waals surface area (Å²) in [7, 11) is 0. The monoisotopic (exact) mass is 375 g/mol. The van der Waals surface area contributed by atoms with Gasteiger partial charge in [-0.1, -0.05) is 18.2 Å². The van der Waals surface area contributed by atoms with E-state index >= 15 is 0 Å². The number of hydrogen-bond acceptors (Lipinski definition) is 9. The van der Waals surface area contributed by atoms with Gasteiger partial charge in [0.25, 0.3) is 5.91 Å². The standard InChI is InChI=1S/C15H14FN7O2S/c16-9-3-1-7(2-4-9)11-8(6-19-20-11)5-10-14(24)23(15(18)26-10)13-12(17)21-25-22-13/h1-5,8,11,18-20H,6H2,(H2,17,21)/b10-5-,18-15?. The van der Waals surface area contributed by atoms with Crippen molar-refractivity contribution >= 4 is 34.5 Å². The average Bonchev–Trinajstić information content (AvgIpc) is 3.30. The summed E-state index contributed by atoms with van der Waals surface area (Å²) in [6, 6.07) is 6.06. The summed E-state index contributed by atoms with van der Waals surface area (Å²) in [6.45, 7) is 0.584. The van der Waals surface area contributed by atoms with Gasteiger partial charge in [-0.15, -0.1) is 0 Å². The summed E-state index contributed by atoms with van der Waals surface area (Å²) in [6.07, 6.45) is 1.80. The first-order valence-electron chi connectivity index (χ1n) is 7.69. The lowest BCUT2D eigenvalue weighted by Gasteiger charge is -2.16. The Hall–Kier alpha value is -2.76. The van der Waals surface area contributed by atoms with E-state index in [2.05, 4.69) is 25.8 Å². The first-order chi connectivity index (χ1) is 12.5. The molecule has 2 saturated heterocycles. The molecular formula is C15H14FN7O2S. The molecule has 2 atom stereocenters. The predicted octanol–water partition coefficient (Wildman–Crippen LogP) is 1.15. The lowest BCUT2D eigenvalue weighted by Crippen LogP contribution is -2.29. The van der Waals surface area contributed by atoms with Crippen LogP contribution >= 0.6 is 11.8 Å². The maximum atomic E-state index is 13.1. The normalized spacial score (nSPS) is 24.8. The number of aromatic nitrogens is 2. The molecule has 134 valence electrons. The number of anilines is 2. The van der Waals surface area contributed by atoms with Crippen LogP contribution in [0.5, 0.6) is 0 Å². The second-order valence-electron chi connectivity index (χ2n) is 5.77. The van der Waals surface area contributed by atoms with Crippen molar-refractivity contribution in [2.24, 2.45) is 5.92 Å². The van der Waals surface area contributed by atoms with Crippen LogP contribution in [0.25, 0.3) is 0 Å². The van der Waals surface area contributed by atoms with Gasteiger partial charge in [0.05, 0.1) is 10.9 Å². The van der Waals surface area contributed by atoms with Crippen LogP contribution in [-0.2, 0) is 4.79 Å². The van der Waals surface area contributed by atoms with Gasteiger partial charge in [0, 0.05) is 12.5 Å². The zero-order valence-corrected chi connectivity index (χ0v) is 14.1. The van der Waals surface area contributed by atoms with Gasteiger partial charge >= 0.3 is 0 Å². The quantitative estimate of drug-likeness (QED) is 0.587. The predicted molar refractivity (Wildman–Crippen MR) is 93.4 cm³/mol. The number of carbonyl (C=O) groups excluding carboxylic acids is 1. The Bertz CT molecular complexity index is 898. The fourth-order valence-corrected chi connectivity index (χ4v) is 3.79. The highest BCUT2D eigenvalue weighted by Crippen LogP contribution is 2.37. The van der Waals surface area contributed by atoms with Gasteiger partial charge in [0.1, 0.15) is 5.82 Å². The highest BCUT2D eigenvalue weighted by Gasteiger charge is 2.38. The third-order valence-corrected chi connectivity index (χ3v) is 5.06. The van der Waals surface area contributed by atoms with Gasteiger partial charge in [-0.3, -0.25) is 15.6 Å². The fraction of sp³-hybridized carbons (Fsp3) is 0.200. The van der Waals surface area contributed by atoms with Crippen molar-refractivity contribution in [3.8, 4) is 0 Å². The van der Waals surface area contributed by atoms with E-state index in [1.165, 1.54) is 12.1 Å². The molecule has 4 rings (SSSR count). The number of hydrazine groups is 1. The van der Waals surface area contributed by atoms with Gasteiger partial charge in [-0.2, -0.15) is 0 Å². The van der Waals surface area contributed by atoms with E-state index in [1.54, 1.807) is 18.2 Å². The van der Waals surface area contributed by atoms with Crippen LogP contribution in [0.1, 0.15) is 11.6 Å². The van der Waals surface area contributed by atoms with Crippen LogP contribution in [0.15, 0.2) is 39.9 Å². The largest absolute Gasteiger partial charge is 0.378 e. The zero-order chi connectivity index (χ0) is 18.3. The summed E-state index contributed by atoms with van der Waals surface area (Å²) in [5.74, 6) is -0.828. The Morgan fingerprint density at radius 3 is 2.85 bits per heavy atom. The number of rotatable bonds is 3. The molecule has 3 heterocycles. The van der Waals surface area contributed by atoms with E-state index in [-0.39, 0.29) is 34.6 Å². The zero-order valence-electron chi connectivity index (χ0n) is 13.3. The molecule has 2 aliphatic rings. The molecule has 26 heavy (non-hydrogen) atoms. The first-order valence-corrected chi connectivity index (χ1v) is 8.51. The smallest absolute Gasteiger partial charge is 0.272 e. The van der Waals surface area contributed by atoms with Crippen molar-refractivity contribution in [3.63, 3.8) is 0 Å². The molecule has 11 heteroatoms. The summed E-state index contributed by atoms with van der Waals surface area (Å²) < 4.78 is 17.7. The summed E-state index contributed by atoms with van der Waals surface area (Å²) in [4.78, 5) is 14.1. The number of halogens is 1. The van der Waals surface area contributed by atoms with Crippen LogP contribution in [-0.4, -0.2) is 27.9 Å². The minimum atomic E-state index is -0.410. The third-order valence-electron chi connectivity index (χ3n) is 4.15. The second kappa shape index (κ2) is 6.52. The molecule has 0 bridgehead atoms. The number of nitrogen functional groups attached to an aromatic ring is 1. The van der Waals surface area contributed by atoms with Crippen molar-refractivity contribution in [2.75, 3.05) is 17.2 Å². The number of carbonyl (C=O) groups is 1. The number of nitrogens with one attached hydrogen (secondary N) is 3. The van der Waals surface area contributed by atoms with Crippen LogP contribution in [0.2, 0.25) is 0 Å². The Kier molecular flexibility index (Phi) is 4.18.